The number of aromatic nitrogens is 4. The SMILES string of the molecule is Cc1ccc(NC(=O)CCc2c(C)c3c(C)nn(C)c3[nH]c2=O)nc1. The molecule has 7 heteroatoms. The van der Waals surface area contributed by atoms with Crippen LogP contribution < -0.4 is 10.9 Å². The summed E-state index contributed by atoms with van der Waals surface area (Å²) in [6, 6.07) is 3.65. The van der Waals surface area contributed by atoms with Gasteiger partial charge in [-0.05, 0) is 44.4 Å². The Morgan fingerprint density at radius 1 is 1.28 bits per heavy atom. The van der Waals surface area contributed by atoms with Gasteiger partial charge >= 0.3 is 0 Å². The van der Waals surface area contributed by atoms with E-state index in [1.807, 2.05) is 26.8 Å². The number of carbonyl (C=O) groups is 1. The molecule has 0 saturated heterocycles. The Hall–Kier alpha value is -2.96. The van der Waals surface area contributed by atoms with Gasteiger partial charge in [0.1, 0.15) is 11.5 Å². The number of nitrogens with one attached hydrogen (secondary N) is 2. The summed E-state index contributed by atoms with van der Waals surface area (Å²) >= 11 is 0. The molecule has 3 rings (SSSR count). The molecule has 7 nitrogen and oxygen atoms in total. The Morgan fingerprint density at radius 2 is 2.04 bits per heavy atom. The normalized spacial score (nSPS) is 11.0. The van der Waals surface area contributed by atoms with Crippen molar-refractivity contribution in [3.05, 3.63) is 51.1 Å². The van der Waals surface area contributed by atoms with Crippen LogP contribution in [-0.4, -0.2) is 25.7 Å². The first-order valence-corrected chi connectivity index (χ1v) is 8.14. The van der Waals surface area contributed by atoms with E-state index in [9.17, 15) is 9.59 Å². The predicted molar refractivity (Wildman–Crippen MR) is 96.7 cm³/mol. The zero-order valence-electron chi connectivity index (χ0n) is 14.8. The number of H-pyrrole nitrogens is 1. The molecule has 0 spiro atoms. The van der Waals surface area contributed by atoms with Crippen LogP contribution in [0.5, 0.6) is 0 Å². The van der Waals surface area contributed by atoms with Gasteiger partial charge in [0.05, 0.1) is 5.69 Å². The summed E-state index contributed by atoms with van der Waals surface area (Å²) < 4.78 is 1.67. The number of fused-ring (bicyclic) bond motifs is 1. The molecule has 0 aliphatic heterocycles. The fourth-order valence-corrected chi connectivity index (χ4v) is 3.04. The number of hydrogen-bond acceptors (Lipinski definition) is 4. The van der Waals surface area contributed by atoms with E-state index in [1.165, 1.54) is 0 Å². The molecule has 0 radical (unpaired) electrons. The van der Waals surface area contributed by atoms with Crippen LogP contribution in [-0.2, 0) is 18.3 Å². The van der Waals surface area contributed by atoms with Crippen LogP contribution in [0.3, 0.4) is 0 Å². The number of nitrogens with zero attached hydrogens (tertiary/aromatic N) is 3. The third kappa shape index (κ3) is 3.31. The van der Waals surface area contributed by atoms with Crippen LogP contribution in [0.2, 0.25) is 0 Å². The van der Waals surface area contributed by atoms with E-state index in [1.54, 1.807) is 24.0 Å². The molecule has 3 heterocycles. The van der Waals surface area contributed by atoms with Gasteiger partial charge in [-0.2, -0.15) is 5.10 Å². The van der Waals surface area contributed by atoms with Crippen molar-refractivity contribution in [3.63, 3.8) is 0 Å². The average Bonchev–Trinajstić information content (AvgIpc) is 2.83. The van der Waals surface area contributed by atoms with Crippen molar-refractivity contribution in [2.24, 2.45) is 7.05 Å². The maximum Gasteiger partial charge on any atom is 0.253 e. The zero-order chi connectivity index (χ0) is 18.1. The van der Waals surface area contributed by atoms with E-state index >= 15 is 0 Å². The second-order valence-corrected chi connectivity index (χ2v) is 6.26. The van der Waals surface area contributed by atoms with Gasteiger partial charge in [-0.25, -0.2) is 4.98 Å². The lowest BCUT2D eigenvalue weighted by Gasteiger charge is -2.08. The molecule has 0 bridgehead atoms. The topological polar surface area (TPSA) is 92.7 Å². The number of aromatic amines is 1. The first kappa shape index (κ1) is 16.9. The molecule has 2 N–H and O–H groups in total. The Labute approximate surface area is 145 Å². The molecular formula is C18H21N5O2. The summed E-state index contributed by atoms with van der Waals surface area (Å²) in [5.74, 6) is 0.345. The third-order valence-electron chi connectivity index (χ3n) is 4.34. The number of rotatable bonds is 4. The van der Waals surface area contributed by atoms with E-state index in [0.29, 0.717) is 23.4 Å². The second kappa shape index (κ2) is 6.51. The lowest BCUT2D eigenvalue weighted by molar-refractivity contribution is -0.116. The molecule has 3 aromatic rings. The smallest absolute Gasteiger partial charge is 0.253 e. The first-order chi connectivity index (χ1) is 11.9. The van der Waals surface area contributed by atoms with Crippen LogP contribution in [0.4, 0.5) is 5.82 Å². The number of anilines is 1. The highest BCUT2D eigenvalue weighted by molar-refractivity contribution is 5.90. The van der Waals surface area contributed by atoms with Crippen molar-refractivity contribution in [2.75, 3.05) is 5.32 Å². The van der Waals surface area contributed by atoms with Gasteiger partial charge in [0, 0.05) is 30.6 Å². The molecule has 3 aromatic heterocycles. The lowest BCUT2D eigenvalue weighted by atomic mass is 10.0. The molecule has 0 aliphatic rings. The Morgan fingerprint density at radius 3 is 2.72 bits per heavy atom. The molecule has 0 atom stereocenters. The van der Waals surface area contributed by atoms with Crippen LogP contribution >= 0.6 is 0 Å². The van der Waals surface area contributed by atoms with Crippen molar-refractivity contribution in [1.82, 2.24) is 19.7 Å². The van der Waals surface area contributed by atoms with E-state index in [2.05, 4.69) is 20.4 Å². The van der Waals surface area contributed by atoms with E-state index < -0.39 is 0 Å². The first-order valence-electron chi connectivity index (χ1n) is 8.14. The highest BCUT2D eigenvalue weighted by atomic mass is 16.1. The van der Waals surface area contributed by atoms with Crippen molar-refractivity contribution in [2.45, 2.75) is 33.6 Å². The Balaban J connectivity index is 1.79. The summed E-state index contributed by atoms with van der Waals surface area (Å²) in [5.41, 5.74) is 3.92. The molecular weight excluding hydrogens is 318 g/mol. The summed E-state index contributed by atoms with van der Waals surface area (Å²) in [7, 11) is 1.80. The zero-order valence-corrected chi connectivity index (χ0v) is 14.8. The fraction of sp³-hybridized carbons (Fsp3) is 0.333. The maximum atomic E-state index is 12.4. The van der Waals surface area contributed by atoms with Gasteiger partial charge in [0.25, 0.3) is 5.56 Å². The molecule has 0 fully saturated rings. The third-order valence-corrected chi connectivity index (χ3v) is 4.34. The molecule has 130 valence electrons. The number of carbonyl (C=O) groups excluding carboxylic acids is 1. The summed E-state index contributed by atoms with van der Waals surface area (Å²) in [6.07, 6.45) is 2.27. The van der Waals surface area contributed by atoms with Crippen molar-refractivity contribution >= 4 is 22.8 Å². The van der Waals surface area contributed by atoms with Gasteiger partial charge in [-0.3, -0.25) is 14.3 Å². The summed E-state index contributed by atoms with van der Waals surface area (Å²) in [6.45, 7) is 5.75. The van der Waals surface area contributed by atoms with Crippen molar-refractivity contribution in [1.29, 1.82) is 0 Å². The Kier molecular flexibility index (Phi) is 4.39. The molecule has 0 saturated carbocycles. The molecule has 25 heavy (non-hydrogen) atoms. The van der Waals surface area contributed by atoms with Crippen LogP contribution in [0.15, 0.2) is 23.1 Å². The minimum Gasteiger partial charge on any atom is -0.311 e. The van der Waals surface area contributed by atoms with Crippen LogP contribution in [0.25, 0.3) is 11.0 Å². The number of aryl methyl sites for hydroxylation is 4. The standard InChI is InChI=1S/C18H21N5O2/c1-10-5-7-14(19-9-10)20-15(24)8-6-13-11(2)16-12(3)22-23(4)17(16)21-18(13)25/h5,7,9H,6,8H2,1-4H3,(H,21,25)(H,19,20,24). The van der Waals surface area contributed by atoms with Crippen LogP contribution in [0, 0.1) is 20.8 Å². The largest absolute Gasteiger partial charge is 0.311 e. The lowest BCUT2D eigenvalue weighted by Crippen LogP contribution is -2.19. The van der Waals surface area contributed by atoms with Gasteiger partial charge in [-0.15, -0.1) is 0 Å². The van der Waals surface area contributed by atoms with E-state index in [4.69, 9.17) is 0 Å². The number of amides is 1. The molecule has 0 aromatic carbocycles. The number of hydrogen-bond donors (Lipinski definition) is 2. The van der Waals surface area contributed by atoms with Crippen molar-refractivity contribution < 1.29 is 4.79 Å². The summed E-state index contributed by atoms with van der Waals surface area (Å²) in [5, 5.41) is 8.04. The van der Waals surface area contributed by atoms with Gasteiger partial charge in [0.15, 0.2) is 0 Å². The summed E-state index contributed by atoms with van der Waals surface area (Å²) in [4.78, 5) is 31.6. The minimum absolute atomic E-state index is 0.168. The molecule has 0 unspecified atom stereocenters. The average molecular weight is 339 g/mol. The van der Waals surface area contributed by atoms with Crippen molar-refractivity contribution in [3.8, 4) is 0 Å². The highest BCUT2D eigenvalue weighted by Crippen LogP contribution is 2.21. The predicted octanol–water partition coefficient (Wildman–Crippen LogP) is 2.15. The Bertz CT molecular complexity index is 999. The van der Waals surface area contributed by atoms with E-state index in [-0.39, 0.29) is 17.9 Å². The maximum absolute atomic E-state index is 12.4. The van der Waals surface area contributed by atoms with Gasteiger partial charge < -0.3 is 10.3 Å². The molecule has 1 amide bonds. The number of pyridine rings is 2. The van der Waals surface area contributed by atoms with Gasteiger partial charge in [0.2, 0.25) is 5.91 Å². The quantitative estimate of drug-likeness (QED) is 0.762. The minimum atomic E-state index is -0.172. The fourth-order valence-electron chi connectivity index (χ4n) is 3.04. The highest BCUT2D eigenvalue weighted by Gasteiger charge is 2.16. The monoisotopic (exact) mass is 339 g/mol. The molecule has 0 aliphatic carbocycles. The van der Waals surface area contributed by atoms with Gasteiger partial charge in [-0.1, -0.05) is 6.07 Å². The van der Waals surface area contributed by atoms with E-state index in [0.717, 1.165) is 22.2 Å². The van der Waals surface area contributed by atoms with Crippen LogP contribution in [0.1, 0.15) is 28.8 Å². The second-order valence-electron chi connectivity index (χ2n) is 6.26.